The minimum absolute atomic E-state index is 0.211. The van der Waals surface area contributed by atoms with Crippen LogP contribution in [0.5, 0.6) is 0 Å². The third-order valence-electron chi connectivity index (χ3n) is 7.23. The molecule has 1 aliphatic rings. The Labute approximate surface area is 199 Å². The predicted octanol–water partition coefficient (Wildman–Crippen LogP) is 7.38. The van der Waals surface area contributed by atoms with Crippen molar-refractivity contribution in [3.63, 3.8) is 0 Å². The number of likely N-dealkylation sites (N-methyl/N-ethyl adjacent to an activating group) is 1. The summed E-state index contributed by atoms with van der Waals surface area (Å²) in [6, 6.07) is 0.620. The topological polar surface area (TPSA) is 58.6 Å². The van der Waals surface area contributed by atoms with Gasteiger partial charge in [0.15, 0.2) is 0 Å². The fourth-order valence-corrected chi connectivity index (χ4v) is 5.59. The van der Waals surface area contributed by atoms with Gasteiger partial charge in [-0.3, -0.25) is 4.57 Å². The maximum Gasteiger partial charge on any atom is 0.268 e. The zero-order valence-corrected chi connectivity index (χ0v) is 22.6. The average molecular weight is 476 g/mol. The van der Waals surface area contributed by atoms with Gasteiger partial charge in [0.25, 0.3) is 7.82 Å². The van der Waals surface area contributed by atoms with Crippen molar-refractivity contribution in [2.75, 3.05) is 33.9 Å². The van der Waals surface area contributed by atoms with E-state index in [0.717, 1.165) is 23.7 Å². The molecule has 0 aromatic heterocycles. The van der Waals surface area contributed by atoms with Gasteiger partial charge < -0.3 is 18.4 Å². The van der Waals surface area contributed by atoms with E-state index in [4.69, 9.17) is 9.05 Å². The summed E-state index contributed by atoms with van der Waals surface area (Å²) >= 11 is 0. The first-order valence-corrected chi connectivity index (χ1v) is 15.3. The summed E-state index contributed by atoms with van der Waals surface area (Å²) in [4.78, 5) is 12.0. The average Bonchev–Trinajstić information content (AvgIpc) is 2.76. The van der Waals surface area contributed by atoms with Crippen molar-refractivity contribution in [1.29, 1.82) is 0 Å². The minimum Gasteiger partial charge on any atom is -0.756 e. The zero-order chi connectivity index (χ0) is 23.5. The third-order valence-corrected chi connectivity index (χ3v) is 8.23. The highest BCUT2D eigenvalue weighted by atomic mass is 31.2. The van der Waals surface area contributed by atoms with Crippen LogP contribution in [0.3, 0.4) is 0 Å². The SMILES string of the molecule is CCCCCCCCCCCCCCCCOP(=O)([O-])OCC[N+](C)(C)C1CCCCC1. The van der Waals surface area contributed by atoms with E-state index in [1.165, 1.54) is 103 Å². The van der Waals surface area contributed by atoms with Crippen LogP contribution in [0.4, 0.5) is 0 Å². The molecule has 1 fully saturated rings. The normalized spacial score (nSPS) is 17.5. The third kappa shape index (κ3) is 15.8. The van der Waals surface area contributed by atoms with Crippen LogP contribution in [-0.2, 0) is 13.6 Å². The number of rotatable bonds is 21. The monoisotopic (exact) mass is 475 g/mol. The molecule has 0 bridgehead atoms. The van der Waals surface area contributed by atoms with Gasteiger partial charge in [-0.25, -0.2) is 0 Å². The summed E-state index contributed by atoms with van der Waals surface area (Å²) < 4.78 is 23.0. The van der Waals surface area contributed by atoms with Crippen molar-refractivity contribution >= 4 is 7.82 Å². The summed E-state index contributed by atoms with van der Waals surface area (Å²) in [5, 5.41) is 0. The fourth-order valence-electron chi connectivity index (χ4n) is 4.86. The van der Waals surface area contributed by atoms with Gasteiger partial charge in [-0.05, 0) is 32.1 Å². The van der Waals surface area contributed by atoms with Crippen LogP contribution in [0.25, 0.3) is 0 Å². The lowest BCUT2D eigenvalue weighted by molar-refractivity contribution is -0.916. The summed E-state index contributed by atoms with van der Waals surface area (Å²) in [7, 11) is 0.205. The molecule has 0 aromatic rings. The van der Waals surface area contributed by atoms with E-state index in [9.17, 15) is 9.46 Å². The first-order valence-electron chi connectivity index (χ1n) is 13.8. The molecular weight excluding hydrogens is 421 g/mol. The van der Waals surface area contributed by atoms with Crippen molar-refractivity contribution < 1.29 is 23.0 Å². The molecule has 192 valence electrons. The highest BCUT2D eigenvalue weighted by Gasteiger charge is 2.29. The molecule has 0 radical (unpaired) electrons. The quantitative estimate of drug-likeness (QED) is 0.0987. The molecule has 1 rings (SSSR count). The van der Waals surface area contributed by atoms with Gasteiger partial charge in [-0.1, -0.05) is 96.8 Å². The Hall–Kier alpha value is 0.0700. The Kier molecular flexibility index (Phi) is 17.3. The molecule has 0 N–H and O–H groups in total. The number of phosphoric acid groups is 1. The van der Waals surface area contributed by atoms with Crippen molar-refractivity contribution in [3.8, 4) is 0 Å². The number of quaternary nitrogens is 1. The lowest BCUT2D eigenvalue weighted by Crippen LogP contribution is -2.51. The van der Waals surface area contributed by atoms with E-state index in [1.807, 2.05) is 0 Å². The maximum atomic E-state index is 12.0. The van der Waals surface area contributed by atoms with E-state index in [1.54, 1.807) is 0 Å². The molecule has 0 saturated heterocycles. The van der Waals surface area contributed by atoms with Crippen LogP contribution in [-0.4, -0.2) is 44.4 Å². The minimum atomic E-state index is -4.17. The molecule has 32 heavy (non-hydrogen) atoms. The van der Waals surface area contributed by atoms with Gasteiger partial charge in [0.2, 0.25) is 0 Å². The van der Waals surface area contributed by atoms with Gasteiger partial charge in [0, 0.05) is 0 Å². The number of unbranched alkanes of at least 4 members (excludes halogenated alkanes) is 13. The predicted molar refractivity (Wildman–Crippen MR) is 134 cm³/mol. The van der Waals surface area contributed by atoms with Crippen LogP contribution in [0.1, 0.15) is 129 Å². The summed E-state index contributed by atoms with van der Waals surface area (Å²) in [6.45, 7) is 3.44. The molecule has 0 spiro atoms. The Morgan fingerprint density at radius 3 is 1.66 bits per heavy atom. The Balaban J connectivity index is 1.91. The highest BCUT2D eigenvalue weighted by Crippen LogP contribution is 2.38. The van der Waals surface area contributed by atoms with Gasteiger partial charge in [-0.15, -0.1) is 0 Å². The summed E-state index contributed by atoms with van der Waals surface area (Å²) in [5.41, 5.74) is 0. The Morgan fingerprint density at radius 1 is 0.719 bits per heavy atom. The molecule has 1 saturated carbocycles. The molecule has 1 aliphatic carbocycles. The molecule has 1 unspecified atom stereocenters. The second-order valence-corrected chi connectivity index (χ2v) is 11.9. The van der Waals surface area contributed by atoms with E-state index >= 15 is 0 Å². The number of hydrogen-bond acceptors (Lipinski definition) is 4. The lowest BCUT2D eigenvalue weighted by atomic mass is 9.93. The number of hydrogen-bond donors (Lipinski definition) is 0. The number of phosphoric ester groups is 1. The molecule has 0 heterocycles. The van der Waals surface area contributed by atoms with Crippen molar-refractivity contribution in [1.82, 2.24) is 0 Å². The molecule has 0 aromatic carbocycles. The number of nitrogens with zero attached hydrogens (tertiary/aromatic N) is 1. The van der Waals surface area contributed by atoms with Crippen molar-refractivity contribution in [2.24, 2.45) is 0 Å². The van der Waals surface area contributed by atoms with Gasteiger partial charge in [0.05, 0.1) is 26.7 Å². The standard InChI is InChI=1S/C26H54NO4P/c1-4-5-6-7-8-9-10-11-12-13-14-15-16-20-24-30-32(28,29)31-25-23-27(2,3)26-21-18-17-19-22-26/h26H,4-25H2,1-3H3. The Bertz CT molecular complexity index is 480. The summed E-state index contributed by atoms with van der Waals surface area (Å²) in [5.74, 6) is 0. The van der Waals surface area contributed by atoms with Crippen molar-refractivity contribution in [3.05, 3.63) is 0 Å². The van der Waals surface area contributed by atoms with Crippen LogP contribution < -0.4 is 4.89 Å². The van der Waals surface area contributed by atoms with Gasteiger partial charge >= 0.3 is 0 Å². The Morgan fingerprint density at radius 2 is 1.16 bits per heavy atom. The van der Waals surface area contributed by atoms with E-state index in [2.05, 4.69) is 21.0 Å². The first kappa shape index (κ1) is 30.1. The molecular formula is C26H54NO4P. The molecule has 6 heteroatoms. The van der Waals surface area contributed by atoms with Crippen molar-refractivity contribution in [2.45, 2.75) is 135 Å². The zero-order valence-electron chi connectivity index (χ0n) is 21.7. The first-order chi connectivity index (χ1) is 15.4. The second-order valence-electron chi connectivity index (χ2n) is 10.5. The van der Waals surface area contributed by atoms with Crippen LogP contribution in [0.2, 0.25) is 0 Å². The van der Waals surface area contributed by atoms with E-state index in [0.29, 0.717) is 12.6 Å². The van der Waals surface area contributed by atoms with E-state index in [-0.39, 0.29) is 13.2 Å². The molecule has 0 aliphatic heterocycles. The maximum absolute atomic E-state index is 12.0. The lowest BCUT2D eigenvalue weighted by Gasteiger charge is -2.40. The van der Waals surface area contributed by atoms with E-state index < -0.39 is 7.82 Å². The van der Waals surface area contributed by atoms with Crippen LogP contribution in [0.15, 0.2) is 0 Å². The van der Waals surface area contributed by atoms with Crippen LogP contribution >= 0.6 is 7.82 Å². The fraction of sp³-hybridized carbons (Fsp3) is 1.00. The smallest absolute Gasteiger partial charge is 0.268 e. The molecule has 1 atom stereocenters. The molecule has 0 amide bonds. The second kappa shape index (κ2) is 18.4. The van der Waals surface area contributed by atoms with Gasteiger partial charge in [0.1, 0.15) is 13.2 Å². The largest absolute Gasteiger partial charge is 0.756 e. The van der Waals surface area contributed by atoms with Crippen LogP contribution in [0, 0.1) is 0 Å². The highest BCUT2D eigenvalue weighted by molar-refractivity contribution is 7.45. The molecule has 5 nitrogen and oxygen atoms in total. The summed E-state index contributed by atoms with van der Waals surface area (Å²) in [6.07, 6.45) is 24.3. The van der Waals surface area contributed by atoms with Gasteiger partial charge in [-0.2, -0.15) is 0 Å².